The average Bonchev–Trinajstić information content (AvgIpc) is 2.98. The molecule has 0 atom stereocenters. The van der Waals surface area contributed by atoms with Crippen LogP contribution in [-0.4, -0.2) is 33.4 Å². The van der Waals surface area contributed by atoms with Crippen LogP contribution in [0, 0.1) is 0 Å². The second-order valence-electron chi connectivity index (χ2n) is 4.84. The minimum Gasteiger partial charge on any atom is -0.319 e. The maximum atomic E-state index is 12.5. The minimum absolute atomic E-state index is 0.342. The molecule has 1 heterocycles. The largest absolute Gasteiger partial charge is 0.319 e. The predicted octanol–water partition coefficient (Wildman–Crippen LogP) is 2.33. The van der Waals surface area contributed by atoms with E-state index in [2.05, 4.69) is 5.32 Å². The van der Waals surface area contributed by atoms with E-state index in [0.29, 0.717) is 11.4 Å². The summed E-state index contributed by atoms with van der Waals surface area (Å²) in [7, 11) is 0.0882. The fraction of sp³-hybridized carbons (Fsp3) is 0.333. The second kappa shape index (κ2) is 7.17. The van der Waals surface area contributed by atoms with Crippen molar-refractivity contribution in [2.24, 2.45) is 0 Å². The van der Waals surface area contributed by atoms with Crippen LogP contribution in [0.4, 0.5) is 0 Å². The Labute approximate surface area is 130 Å². The molecule has 2 aromatic rings. The number of hydrogen-bond donors (Lipinski definition) is 1. The Morgan fingerprint density at radius 1 is 1.19 bits per heavy atom. The van der Waals surface area contributed by atoms with Gasteiger partial charge in [0.1, 0.15) is 0 Å². The van der Waals surface area contributed by atoms with Gasteiger partial charge < -0.3 is 5.32 Å². The van der Waals surface area contributed by atoms with E-state index in [4.69, 9.17) is 0 Å². The number of nitrogens with one attached hydrogen (secondary N) is 1. The molecule has 0 aliphatic heterocycles. The molecule has 0 aliphatic carbocycles. The van der Waals surface area contributed by atoms with Gasteiger partial charge in [0, 0.05) is 18.5 Å². The van der Waals surface area contributed by atoms with Gasteiger partial charge in [0.25, 0.3) is 0 Å². The molecule has 0 amide bonds. The summed E-state index contributed by atoms with van der Waals surface area (Å²) < 4.78 is 26.4. The highest BCUT2D eigenvalue weighted by Crippen LogP contribution is 2.19. The molecule has 1 aromatic carbocycles. The van der Waals surface area contributed by atoms with E-state index in [0.717, 1.165) is 23.4 Å². The first kappa shape index (κ1) is 16.2. The predicted molar refractivity (Wildman–Crippen MR) is 87.0 cm³/mol. The quantitative estimate of drug-likeness (QED) is 0.850. The first-order valence-electron chi connectivity index (χ1n) is 6.76. The van der Waals surface area contributed by atoms with Gasteiger partial charge in [0.05, 0.1) is 4.90 Å². The molecule has 1 aromatic heterocycles. The van der Waals surface area contributed by atoms with E-state index in [1.807, 2.05) is 36.7 Å². The molecule has 0 aliphatic rings. The Balaban J connectivity index is 2.11. The molecule has 4 nitrogen and oxygen atoms in total. The molecule has 21 heavy (non-hydrogen) atoms. The van der Waals surface area contributed by atoms with Crippen molar-refractivity contribution in [2.45, 2.75) is 17.9 Å². The molecule has 0 radical (unpaired) electrons. The van der Waals surface area contributed by atoms with Crippen molar-refractivity contribution in [3.05, 3.63) is 52.2 Å². The fourth-order valence-electron chi connectivity index (χ4n) is 1.98. The number of hydrogen-bond acceptors (Lipinski definition) is 4. The van der Waals surface area contributed by atoms with Gasteiger partial charge in [-0.1, -0.05) is 18.2 Å². The Hall–Kier alpha value is -1.21. The lowest BCUT2D eigenvalue weighted by atomic mass is 10.1. The Morgan fingerprint density at radius 3 is 2.48 bits per heavy atom. The Morgan fingerprint density at radius 2 is 1.90 bits per heavy atom. The topological polar surface area (TPSA) is 49.4 Å². The van der Waals surface area contributed by atoms with Crippen LogP contribution >= 0.6 is 11.3 Å². The van der Waals surface area contributed by atoms with Crippen LogP contribution < -0.4 is 5.32 Å². The zero-order valence-electron chi connectivity index (χ0n) is 12.2. The normalized spacial score (nSPS) is 12.0. The smallest absolute Gasteiger partial charge is 0.243 e. The van der Waals surface area contributed by atoms with Crippen LogP contribution in [0.5, 0.6) is 0 Å². The number of benzene rings is 1. The van der Waals surface area contributed by atoms with Gasteiger partial charge in [0.2, 0.25) is 10.0 Å². The summed E-state index contributed by atoms with van der Waals surface area (Å²) in [5.41, 5.74) is 1.13. The van der Waals surface area contributed by atoms with E-state index >= 15 is 0 Å². The van der Waals surface area contributed by atoms with Crippen LogP contribution in [-0.2, 0) is 23.0 Å². The molecule has 0 unspecified atom stereocenters. The molecule has 114 valence electrons. The van der Waals surface area contributed by atoms with E-state index < -0.39 is 10.0 Å². The van der Waals surface area contributed by atoms with Gasteiger partial charge in [-0.25, -0.2) is 8.42 Å². The molecular weight excluding hydrogens is 304 g/mol. The first-order valence-corrected chi connectivity index (χ1v) is 9.08. The number of likely N-dealkylation sites (N-methyl/N-ethyl adjacent to an activating group) is 1. The van der Waals surface area contributed by atoms with E-state index in [1.54, 1.807) is 30.5 Å². The van der Waals surface area contributed by atoms with Crippen molar-refractivity contribution < 1.29 is 8.42 Å². The lowest BCUT2D eigenvalue weighted by Crippen LogP contribution is -2.26. The zero-order valence-corrected chi connectivity index (χ0v) is 13.9. The lowest BCUT2D eigenvalue weighted by Gasteiger charge is -2.16. The third-order valence-electron chi connectivity index (χ3n) is 3.25. The summed E-state index contributed by atoms with van der Waals surface area (Å²) in [5, 5.41) is 5.03. The summed E-state index contributed by atoms with van der Waals surface area (Å²) in [6, 6.07) is 11.0. The fourth-order valence-corrected chi connectivity index (χ4v) is 3.97. The van der Waals surface area contributed by atoms with E-state index in [1.165, 1.54) is 4.31 Å². The van der Waals surface area contributed by atoms with Crippen LogP contribution in [0.2, 0.25) is 0 Å². The van der Waals surface area contributed by atoms with Crippen molar-refractivity contribution in [3.63, 3.8) is 0 Å². The molecule has 1 N–H and O–H groups in total. The van der Waals surface area contributed by atoms with E-state index in [9.17, 15) is 8.42 Å². The molecule has 2 rings (SSSR count). The van der Waals surface area contributed by atoms with Crippen LogP contribution in [0.3, 0.4) is 0 Å². The zero-order chi connectivity index (χ0) is 15.3. The summed E-state index contributed by atoms with van der Waals surface area (Å²) in [5.74, 6) is 0. The van der Waals surface area contributed by atoms with Gasteiger partial charge in [-0.3, -0.25) is 0 Å². The Bertz CT molecular complexity index is 649. The van der Waals surface area contributed by atoms with Crippen molar-refractivity contribution in [1.82, 2.24) is 9.62 Å². The van der Waals surface area contributed by atoms with Gasteiger partial charge in [0.15, 0.2) is 0 Å². The monoisotopic (exact) mass is 324 g/mol. The highest BCUT2D eigenvalue weighted by molar-refractivity contribution is 7.89. The van der Waals surface area contributed by atoms with Crippen molar-refractivity contribution in [1.29, 1.82) is 0 Å². The number of nitrogens with zero attached hydrogens (tertiary/aromatic N) is 1. The van der Waals surface area contributed by atoms with Crippen molar-refractivity contribution in [3.8, 4) is 0 Å². The summed E-state index contributed by atoms with van der Waals surface area (Å²) in [6.45, 7) is 1.28. The lowest BCUT2D eigenvalue weighted by molar-refractivity contribution is 0.469. The van der Waals surface area contributed by atoms with Crippen molar-refractivity contribution in [2.75, 3.05) is 20.6 Å². The van der Waals surface area contributed by atoms with Crippen LogP contribution in [0.25, 0.3) is 0 Å². The maximum Gasteiger partial charge on any atom is 0.243 e. The first-order chi connectivity index (χ1) is 10.0. The molecule has 0 fully saturated rings. The standard InChI is InChI=1S/C15H20N2O2S2/c1-16-10-9-13-5-7-15(8-6-13)21(18,19)17(2)12-14-4-3-11-20-14/h3-8,11,16H,9-10,12H2,1-2H3. The van der Waals surface area contributed by atoms with Gasteiger partial charge in [-0.2, -0.15) is 4.31 Å². The van der Waals surface area contributed by atoms with Gasteiger partial charge in [-0.15, -0.1) is 11.3 Å². The second-order valence-corrected chi connectivity index (χ2v) is 7.92. The minimum atomic E-state index is -3.43. The number of rotatable bonds is 7. The average molecular weight is 324 g/mol. The Kier molecular flexibility index (Phi) is 5.52. The molecule has 0 bridgehead atoms. The highest BCUT2D eigenvalue weighted by atomic mass is 32.2. The highest BCUT2D eigenvalue weighted by Gasteiger charge is 2.20. The summed E-state index contributed by atoms with van der Waals surface area (Å²) >= 11 is 1.56. The van der Waals surface area contributed by atoms with Gasteiger partial charge >= 0.3 is 0 Å². The number of thiophene rings is 1. The third kappa shape index (κ3) is 4.14. The summed E-state index contributed by atoms with van der Waals surface area (Å²) in [6.07, 6.45) is 0.891. The molecule has 0 saturated heterocycles. The van der Waals surface area contributed by atoms with Crippen molar-refractivity contribution >= 4 is 21.4 Å². The van der Waals surface area contributed by atoms with Crippen LogP contribution in [0.1, 0.15) is 10.4 Å². The molecule has 0 spiro atoms. The molecule has 6 heteroatoms. The SMILES string of the molecule is CNCCc1ccc(S(=O)(=O)N(C)Cc2cccs2)cc1. The molecular formula is C15H20N2O2S2. The van der Waals surface area contributed by atoms with Gasteiger partial charge in [-0.05, 0) is 49.2 Å². The maximum absolute atomic E-state index is 12.5. The summed E-state index contributed by atoms with van der Waals surface area (Å²) in [4.78, 5) is 1.38. The van der Waals surface area contributed by atoms with Crippen LogP contribution in [0.15, 0.2) is 46.7 Å². The third-order valence-corrected chi connectivity index (χ3v) is 5.93. The number of sulfonamides is 1. The van der Waals surface area contributed by atoms with E-state index in [-0.39, 0.29) is 0 Å². The molecule has 0 saturated carbocycles.